The number of carbonyl (C=O) groups excluding carboxylic acids is 1. The predicted molar refractivity (Wildman–Crippen MR) is 114 cm³/mol. The van der Waals surface area contributed by atoms with E-state index in [9.17, 15) is 4.79 Å². The molecule has 0 bridgehead atoms. The van der Waals surface area contributed by atoms with E-state index in [1.807, 2.05) is 24.0 Å². The lowest BCUT2D eigenvalue weighted by atomic mass is 10.00. The number of rotatable bonds is 5. The molecule has 1 aliphatic heterocycles. The van der Waals surface area contributed by atoms with Crippen molar-refractivity contribution in [2.45, 2.75) is 19.8 Å². The van der Waals surface area contributed by atoms with Crippen LogP contribution in [0.15, 0.2) is 40.9 Å². The number of amides is 1. The van der Waals surface area contributed by atoms with Gasteiger partial charge in [0, 0.05) is 24.2 Å². The molecule has 30 heavy (non-hydrogen) atoms. The molecule has 0 spiro atoms. The van der Waals surface area contributed by atoms with E-state index in [2.05, 4.69) is 22.3 Å². The molecule has 1 aliphatic rings. The van der Waals surface area contributed by atoms with E-state index in [0.717, 1.165) is 24.0 Å². The molecule has 0 unspecified atom stereocenters. The van der Waals surface area contributed by atoms with Crippen LogP contribution in [0, 0.1) is 0 Å². The standard InChI is InChI=1S/C22H25N5O3/c1-2-29-19-6-5-17(12-18(19)24)22-25-21(26-30-22)16-4-3-14-7-9-27(20(28)13-23)10-8-15(14)11-16/h3-6,11-12H,2,7-10,13,23-24H2,1H3. The number of carbonyl (C=O) groups is 1. The van der Waals surface area contributed by atoms with Crippen LogP contribution in [0.2, 0.25) is 0 Å². The summed E-state index contributed by atoms with van der Waals surface area (Å²) >= 11 is 0. The average molecular weight is 407 g/mol. The molecule has 0 fully saturated rings. The highest BCUT2D eigenvalue weighted by Gasteiger charge is 2.19. The number of nitrogen functional groups attached to an aromatic ring is 1. The van der Waals surface area contributed by atoms with Gasteiger partial charge in [-0.1, -0.05) is 17.3 Å². The maximum Gasteiger partial charge on any atom is 0.258 e. The lowest BCUT2D eigenvalue weighted by Crippen LogP contribution is -2.37. The summed E-state index contributed by atoms with van der Waals surface area (Å²) in [5.74, 6) is 1.53. The van der Waals surface area contributed by atoms with Crippen molar-refractivity contribution in [2.24, 2.45) is 5.73 Å². The maximum absolute atomic E-state index is 11.9. The molecule has 0 radical (unpaired) electrons. The van der Waals surface area contributed by atoms with Gasteiger partial charge < -0.3 is 25.6 Å². The zero-order valence-corrected chi connectivity index (χ0v) is 16.9. The lowest BCUT2D eigenvalue weighted by Gasteiger charge is -2.18. The van der Waals surface area contributed by atoms with E-state index in [4.69, 9.17) is 20.7 Å². The number of hydrogen-bond acceptors (Lipinski definition) is 7. The first-order valence-electron chi connectivity index (χ1n) is 10.1. The molecule has 0 saturated heterocycles. The molecule has 1 amide bonds. The van der Waals surface area contributed by atoms with E-state index < -0.39 is 0 Å². The Bertz CT molecular complexity index is 1060. The van der Waals surface area contributed by atoms with E-state index in [-0.39, 0.29) is 12.5 Å². The van der Waals surface area contributed by atoms with E-state index >= 15 is 0 Å². The fourth-order valence-corrected chi connectivity index (χ4v) is 3.67. The summed E-state index contributed by atoms with van der Waals surface area (Å²) in [6, 6.07) is 11.6. The summed E-state index contributed by atoms with van der Waals surface area (Å²) in [4.78, 5) is 18.3. The highest BCUT2D eigenvalue weighted by molar-refractivity contribution is 5.78. The Balaban J connectivity index is 1.56. The third-order valence-electron chi connectivity index (χ3n) is 5.28. The van der Waals surface area contributed by atoms with Crippen molar-refractivity contribution < 1.29 is 14.1 Å². The highest BCUT2D eigenvalue weighted by atomic mass is 16.5. The van der Waals surface area contributed by atoms with Gasteiger partial charge in [-0.3, -0.25) is 4.79 Å². The summed E-state index contributed by atoms with van der Waals surface area (Å²) in [6.45, 7) is 3.85. The summed E-state index contributed by atoms with van der Waals surface area (Å²) in [7, 11) is 0. The van der Waals surface area contributed by atoms with Crippen molar-refractivity contribution in [3.05, 3.63) is 47.5 Å². The third kappa shape index (κ3) is 3.99. The second-order valence-electron chi connectivity index (χ2n) is 7.18. The van der Waals surface area contributed by atoms with Gasteiger partial charge >= 0.3 is 0 Å². The fraction of sp³-hybridized carbons (Fsp3) is 0.318. The molecule has 8 heteroatoms. The first-order chi connectivity index (χ1) is 14.6. The minimum absolute atomic E-state index is 0.0135. The van der Waals surface area contributed by atoms with Crippen LogP contribution in [0.25, 0.3) is 22.8 Å². The molecule has 4 N–H and O–H groups in total. The summed E-state index contributed by atoms with van der Waals surface area (Å²) in [5.41, 5.74) is 16.1. The zero-order chi connectivity index (χ0) is 21.1. The number of hydrogen-bond donors (Lipinski definition) is 2. The van der Waals surface area contributed by atoms with Crippen LogP contribution in [-0.4, -0.2) is 47.2 Å². The van der Waals surface area contributed by atoms with Crippen molar-refractivity contribution in [2.75, 3.05) is 32.0 Å². The van der Waals surface area contributed by atoms with Crippen LogP contribution >= 0.6 is 0 Å². The molecule has 8 nitrogen and oxygen atoms in total. The SMILES string of the molecule is CCOc1ccc(-c2nc(-c3ccc4c(c3)CCN(C(=O)CN)CC4)no2)cc1N. The molecule has 2 aromatic carbocycles. The predicted octanol–water partition coefficient (Wildman–Crippen LogP) is 2.27. The number of ether oxygens (including phenoxy) is 1. The summed E-state index contributed by atoms with van der Waals surface area (Å²) < 4.78 is 10.9. The molecule has 1 aromatic heterocycles. The highest BCUT2D eigenvalue weighted by Crippen LogP contribution is 2.30. The number of anilines is 1. The maximum atomic E-state index is 11.9. The molecular weight excluding hydrogens is 382 g/mol. The summed E-state index contributed by atoms with van der Waals surface area (Å²) in [6.07, 6.45) is 1.58. The van der Waals surface area contributed by atoms with Crippen molar-refractivity contribution in [3.63, 3.8) is 0 Å². The Labute approximate surface area is 174 Å². The first-order valence-corrected chi connectivity index (χ1v) is 10.1. The number of nitrogens with two attached hydrogens (primary N) is 2. The Hall–Kier alpha value is -3.39. The second kappa shape index (κ2) is 8.54. The van der Waals surface area contributed by atoms with Crippen molar-refractivity contribution >= 4 is 11.6 Å². The number of aromatic nitrogens is 2. The number of benzene rings is 2. The molecule has 0 saturated carbocycles. The monoisotopic (exact) mass is 407 g/mol. The molecule has 156 valence electrons. The normalized spacial score (nSPS) is 13.6. The third-order valence-corrected chi connectivity index (χ3v) is 5.28. The fourth-order valence-electron chi connectivity index (χ4n) is 3.67. The Morgan fingerprint density at radius 2 is 1.90 bits per heavy atom. The average Bonchev–Trinajstić information content (AvgIpc) is 3.16. The van der Waals surface area contributed by atoms with Gasteiger partial charge in [-0.15, -0.1) is 0 Å². The van der Waals surface area contributed by atoms with Gasteiger partial charge in [0.2, 0.25) is 11.7 Å². The Morgan fingerprint density at radius 1 is 1.13 bits per heavy atom. The molecule has 2 heterocycles. The van der Waals surface area contributed by atoms with Gasteiger partial charge in [0.05, 0.1) is 18.8 Å². The molecule has 3 aromatic rings. The first kappa shape index (κ1) is 19.9. The smallest absolute Gasteiger partial charge is 0.258 e. The second-order valence-corrected chi connectivity index (χ2v) is 7.18. The van der Waals surface area contributed by atoms with Crippen LogP contribution in [0.1, 0.15) is 18.1 Å². The van der Waals surface area contributed by atoms with Gasteiger partial charge in [0.15, 0.2) is 0 Å². The quantitative estimate of drug-likeness (QED) is 0.622. The van der Waals surface area contributed by atoms with Crippen LogP contribution in [0.3, 0.4) is 0 Å². The number of fused-ring (bicyclic) bond motifs is 1. The van der Waals surface area contributed by atoms with Crippen LogP contribution in [0.4, 0.5) is 5.69 Å². The van der Waals surface area contributed by atoms with Gasteiger partial charge in [-0.2, -0.15) is 4.98 Å². The van der Waals surface area contributed by atoms with E-state index in [0.29, 0.717) is 42.8 Å². The van der Waals surface area contributed by atoms with Crippen molar-refractivity contribution in [3.8, 4) is 28.6 Å². The Kier molecular flexibility index (Phi) is 5.67. The van der Waals surface area contributed by atoms with Gasteiger partial charge in [0.1, 0.15) is 5.75 Å². The Morgan fingerprint density at radius 3 is 2.63 bits per heavy atom. The van der Waals surface area contributed by atoms with Gasteiger partial charge in [-0.05, 0) is 55.2 Å². The topological polar surface area (TPSA) is 120 Å². The minimum Gasteiger partial charge on any atom is -0.492 e. The van der Waals surface area contributed by atoms with Crippen molar-refractivity contribution in [1.82, 2.24) is 15.0 Å². The molecule has 4 rings (SSSR count). The number of nitrogens with zero attached hydrogens (tertiary/aromatic N) is 3. The van der Waals surface area contributed by atoms with Crippen LogP contribution < -0.4 is 16.2 Å². The largest absolute Gasteiger partial charge is 0.492 e. The zero-order valence-electron chi connectivity index (χ0n) is 16.9. The van der Waals surface area contributed by atoms with Gasteiger partial charge in [-0.25, -0.2) is 0 Å². The summed E-state index contributed by atoms with van der Waals surface area (Å²) in [5, 5.41) is 4.14. The van der Waals surface area contributed by atoms with Crippen LogP contribution in [0.5, 0.6) is 5.75 Å². The van der Waals surface area contributed by atoms with Gasteiger partial charge in [0.25, 0.3) is 5.89 Å². The molecule has 0 aliphatic carbocycles. The van der Waals surface area contributed by atoms with Crippen LogP contribution in [-0.2, 0) is 17.6 Å². The lowest BCUT2D eigenvalue weighted by molar-refractivity contribution is -0.129. The van der Waals surface area contributed by atoms with Crippen molar-refractivity contribution in [1.29, 1.82) is 0 Å². The van der Waals surface area contributed by atoms with E-state index in [1.165, 1.54) is 11.1 Å². The minimum atomic E-state index is -0.0135. The molecule has 0 atom stereocenters. The molecular formula is C22H25N5O3. The van der Waals surface area contributed by atoms with E-state index in [1.54, 1.807) is 12.1 Å².